The Kier molecular flexibility index (Phi) is 3.52. The van der Waals surface area contributed by atoms with Crippen LogP contribution in [0.5, 0.6) is 5.75 Å². The summed E-state index contributed by atoms with van der Waals surface area (Å²) in [5.74, 6) is 1.60. The number of hydrogen-bond acceptors (Lipinski definition) is 5. The van der Waals surface area contributed by atoms with Gasteiger partial charge in [0.15, 0.2) is 0 Å². The van der Waals surface area contributed by atoms with Gasteiger partial charge in [0, 0.05) is 15.6 Å². The number of methoxy groups -OCH3 is 1. The summed E-state index contributed by atoms with van der Waals surface area (Å²) in [6.07, 6.45) is 0. The molecule has 4 nitrogen and oxygen atoms in total. The minimum absolute atomic E-state index is 0.425. The molecule has 0 amide bonds. The smallest absolute Gasteiger partial charge is 0.259 e. The van der Waals surface area contributed by atoms with Crippen LogP contribution < -0.4 is 4.74 Å². The van der Waals surface area contributed by atoms with E-state index < -0.39 is 0 Å². The van der Waals surface area contributed by atoms with Gasteiger partial charge < -0.3 is 9.15 Å². The van der Waals surface area contributed by atoms with Crippen molar-refractivity contribution in [2.75, 3.05) is 7.11 Å². The van der Waals surface area contributed by atoms with E-state index in [9.17, 15) is 0 Å². The van der Waals surface area contributed by atoms with Gasteiger partial charge in [-0.05, 0) is 24.3 Å². The third-order valence-electron chi connectivity index (χ3n) is 3.47. The van der Waals surface area contributed by atoms with Crippen molar-refractivity contribution >= 4 is 33.0 Å². The molecule has 0 spiro atoms. The predicted octanol–water partition coefficient (Wildman–Crippen LogP) is 5.28. The number of aromatic nitrogens is 2. The third kappa shape index (κ3) is 2.48. The molecule has 0 saturated carbocycles. The zero-order chi connectivity index (χ0) is 15.8. The van der Waals surface area contributed by atoms with Crippen molar-refractivity contribution in [1.82, 2.24) is 10.2 Å². The summed E-state index contributed by atoms with van der Waals surface area (Å²) in [4.78, 5) is 0.787. The fourth-order valence-corrected chi connectivity index (χ4v) is 3.77. The topological polar surface area (TPSA) is 48.2 Å². The quantitative estimate of drug-likeness (QED) is 0.508. The fraction of sp³-hybridized carbons (Fsp3) is 0.0588. The molecule has 23 heavy (non-hydrogen) atoms. The van der Waals surface area contributed by atoms with Crippen molar-refractivity contribution in [2.45, 2.75) is 0 Å². The Labute approximate surface area is 141 Å². The molecule has 0 N–H and O–H groups in total. The molecule has 2 aromatic heterocycles. The maximum atomic E-state index is 6.46. The van der Waals surface area contributed by atoms with E-state index in [1.54, 1.807) is 18.4 Å². The minimum atomic E-state index is 0.425. The van der Waals surface area contributed by atoms with Gasteiger partial charge >= 0.3 is 0 Å². The molecule has 0 aliphatic rings. The Balaban J connectivity index is 1.78. The molecule has 0 unspecified atom stereocenters. The first kappa shape index (κ1) is 14.2. The van der Waals surface area contributed by atoms with Crippen LogP contribution in [-0.2, 0) is 0 Å². The molecule has 0 aliphatic heterocycles. The number of nitrogens with zero attached hydrogens (tertiary/aromatic N) is 2. The van der Waals surface area contributed by atoms with Crippen LogP contribution in [0, 0.1) is 0 Å². The highest BCUT2D eigenvalue weighted by Crippen LogP contribution is 2.41. The molecule has 0 fully saturated rings. The highest BCUT2D eigenvalue weighted by atomic mass is 35.5. The van der Waals surface area contributed by atoms with Gasteiger partial charge in [-0.3, -0.25) is 0 Å². The van der Waals surface area contributed by atoms with E-state index in [-0.39, 0.29) is 0 Å². The van der Waals surface area contributed by atoms with Crippen molar-refractivity contribution in [1.29, 1.82) is 0 Å². The molecule has 2 heterocycles. The van der Waals surface area contributed by atoms with Crippen molar-refractivity contribution < 1.29 is 9.15 Å². The molecule has 4 aromatic rings. The van der Waals surface area contributed by atoms with Gasteiger partial charge in [-0.1, -0.05) is 35.9 Å². The molecule has 0 aliphatic carbocycles. The monoisotopic (exact) mass is 342 g/mol. The molecule has 0 saturated heterocycles. The van der Waals surface area contributed by atoms with E-state index in [0.29, 0.717) is 16.8 Å². The van der Waals surface area contributed by atoms with Gasteiger partial charge in [-0.15, -0.1) is 21.5 Å². The van der Waals surface area contributed by atoms with E-state index in [1.165, 1.54) is 0 Å². The van der Waals surface area contributed by atoms with Gasteiger partial charge in [0.25, 0.3) is 5.89 Å². The Morgan fingerprint density at radius 1 is 1.04 bits per heavy atom. The summed E-state index contributed by atoms with van der Waals surface area (Å²) < 4.78 is 12.1. The van der Waals surface area contributed by atoms with E-state index in [2.05, 4.69) is 10.2 Å². The fourth-order valence-electron chi connectivity index (χ4n) is 2.34. The van der Waals surface area contributed by atoms with Gasteiger partial charge in [-0.2, -0.15) is 0 Å². The summed E-state index contributed by atoms with van der Waals surface area (Å²) in [5.41, 5.74) is 0.806. The first-order valence-electron chi connectivity index (χ1n) is 6.91. The van der Waals surface area contributed by atoms with Crippen LogP contribution in [0.1, 0.15) is 0 Å². The van der Waals surface area contributed by atoms with Crippen LogP contribution in [0.4, 0.5) is 0 Å². The maximum absolute atomic E-state index is 6.46. The summed E-state index contributed by atoms with van der Waals surface area (Å²) in [5, 5.41) is 9.91. The zero-order valence-corrected chi connectivity index (χ0v) is 13.7. The zero-order valence-electron chi connectivity index (χ0n) is 12.1. The van der Waals surface area contributed by atoms with Crippen molar-refractivity contribution in [3.63, 3.8) is 0 Å². The van der Waals surface area contributed by atoms with Crippen LogP contribution in [0.3, 0.4) is 0 Å². The first-order valence-corrected chi connectivity index (χ1v) is 8.11. The van der Waals surface area contributed by atoms with Gasteiger partial charge in [-0.25, -0.2) is 0 Å². The number of fused-ring (bicyclic) bond motifs is 1. The van der Waals surface area contributed by atoms with Gasteiger partial charge in [0.1, 0.15) is 10.6 Å². The van der Waals surface area contributed by atoms with E-state index in [1.807, 2.05) is 48.5 Å². The summed E-state index contributed by atoms with van der Waals surface area (Å²) in [6.45, 7) is 0. The lowest BCUT2D eigenvalue weighted by atomic mass is 10.2. The van der Waals surface area contributed by atoms with Crippen molar-refractivity contribution in [3.8, 4) is 28.0 Å². The largest absolute Gasteiger partial charge is 0.497 e. The second-order valence-electron chi connectivity index (χ2n) is 4.89. The minimum Gasteiger partial charge on any atom is -0.497 e. The van der Waals surface area contributed by atoms with Crippen LogP contribution in [-0.4, -0.2) is 17.3 Å². The molecule has 2 aromatic carbocycles. The van der Waals surface area contributed by atoms with Crippen LogP contribution in [0.2, 0.25) is 5.02 Å². The van der Waals surface area contributed by atoms with Crippen molar-refractivity contribution in [3.05, 3.63) is 53.6 Å². The van der Waals surface area contributed by atoms with Crippen molar-refractivity contribution in [2.24, 2.45) is 0 Å². The standard InChI is InChI=1S/C17H11ClN2O2S/c1-21-11-6-4-5-10(9-11)16-19-20-17(22-16)15-14(18)12-7-2-3-8-13(12)23-15/h2-9H,1H3. The predicted molar refractivity (Wildman–Crippen MR) is 92.1 cm³/mol. The summed E-state index contributed by atoms with van der Waals surface area (Å²) >= 11 is 8.00. The third-order valence-corrected chi connectivity index (χ3v) is 5.13. The van der Waals surface area contributed by atoms with Gasteiger partial charge in [0.05, 0.1) is 12.1 Å². The molecule has 0 bridgehead atoms. The summed E-state index contributed by atoms with van der Waals surface area (Å²) in [6, 6.07) is 15.4. The summed E-state index contributed by atoms with van der Waals surface area (Å²) in [7, 11) is 1.62. The number of thiophene rings is 1. The van der Waals surface area contributed by atoms with E-state index in [4.69, 9.17) is 20.8 Å². The number of hydrogen-bond donors (Lipinski definition) is 0. The first-order chi connectivity index (χ1) is 11.3. The maximum Gasteiger partial charge on any atom is 0.259 e. The van der Waals surface area contributed by atoms with E-state index in [0.717, 1.165) is 26.3 Å². The number of benzene rings is 2. The van der Waals surface area contributed by atoms with Crippen LogP contribution in [0.25, 0.3) is 32.3 Å². The Hall–Kier alpha value is -2.37. The van der Waals surface area contributed by atoms with Crippen LogP contribution in [0.15, 0.2) is 52.9 Å². The average molecular weight is 343 g/mol. The van der Waals surface area contributed by atoms with Gasteiger partial charge in [0.2, 0.25) is 5.89 Å². The molecule has 4 rings (SSSR count). The average Bonchev–Trinajstić information content (AvgIpc) is 3.20. The normalized spacial score (nSPS) is 11.0. The SMILES string of the molecule is COc1cccc(-c2nnc(-c3sc4ccccc4c3Cl)o2)c1. The highest BCUT2D eigenvalue weighted by molar-refractivity contribution is 7.23. The highest BCUT2D eigenvalue weighted by Gasteiger charge is 2.18. The Morgan fingerprint density at radius 3 is 2.70 bits per heavy atom. The van der Waals surface area contributed by atoms with Crippen LogP contribution >= 0.6 is 22.9 Å². The molecule has 6 heteroatoms. The molecular weight excluding hydrogens is 332 g/mol. The Morgan fingerprint density at radius 2 is 1.87 bits per heavy atom. The number of rotatable bonds is 3. The lowest BCUT2D eigenvalue weighted by molar-refractivity contribution is 0.415. The second-order valence-corrected chi connectivity index (χ2v) is 6.32. The Bertz CT molecular complexity index is 993. The molecule has 0 atom stereocenters. The lowest BCUT2D eigenvalue weighted by Gasteiger charge is -2.00. The second kappa shape index (κ2) is 5.68. The lowest BCUT2D eigenvalue weighted by Crippen LogP contribution is -1.83. The molecule has 0 radical (unpaired) electrons. The molecule has 114 valence electrons. The molecular formula is C17H11ClN2O2S. The van der Waals surface area contributed by atoms with E-state index >= 15 is 0 Å². The number of ether oxygens (including phenoxy) is 1. The number of halogens is 1.